The molecule has 0 aliphatic rings. The van der Waals surface area contributed by atoms with Gasteiger partial charge in [-0.3, -0.25) is 0 Å². The summed E-state index contributed by atoms with van der Waals surface area (Å²) in [6.45, 7) is 8.91. The van der Waals surface area contributed by atoms with Gasteiger partial charge in [-0.2, -0.15) is 0 Å². The van der Waals surface area contributed by atoms with E-state index in [1.165, 1.54) is 5.56 Å². The maximum Gasteiger partial charge on any atom is 0.174 e. The molecule has 4 heteroatoms. The van der Waals surface area contributed by atoms with Crippen LogP contribution in [0, 0.1) is 6.92 Å². The molecule has 3 aromatic rings. The number of ether oxygens (including phenoxy) is 1. The van der Waals surface area contributed by atoms with Crippen LogP contribution < -0.4 is 10.1 Å². The molecule has 0 bridgehead atoms. The highest BCUT2D eigenvalue weighted by Crippen LogP contribution is 2.31. The van der Waals surface area contributed by atoms with Gasteiger partial charge in [0, 0.05) is 17.5 Å². The summed E-state index contributed by atoms with van der Waals surface area (Å²) in [5, 5.41) is 3.25. The van der Waals surface area contributed by atoms with Crippen molar-refractivity contribution in [2.24, 2.45) is 0 Å². The predicted molar refractivity (Wildman–Crippen MR) is 107 cm³/mol. The number of hydrogen-bond acceptors (Lipinski definition) is 4. The number of nitrogens with zero attached hydrogens (tertiary/aromatic N) is 2. The van der Waals surface area contributed by atoms with Crippen molar-refractivity contribution in [3.8, 4) is 16.9 Å². The van der Waals surface area contributed by atoms with Crippen LogP contribution in [-0.4, -0.2) is 16.6 Å². The summed E-state index contributed by atoms with van der Waals surface area (Å²) in [6, 6.07) is 16.5. The van der Waals surface area contributed by atoms with Crippen LogP contribution in [0.4, 0.5) is 11.6 Å². The zero-order chi connectivity index (χ0) is 18.5. The lowest BCUT2D eigenvalue weighted by Gasteiger charge is -2.13. The topological polar surface area (TPSA) is 47.0 Å². The van der Waals surface area contributed by atoms with Crippen molar-refractivity contribution in [1.82, 2.24) is 9.97 Å². The number of rotatable bonds is 6. The van der Waals surface area contributed by atoms with Gasteiger partial charge in [0.15, 0.2) is 11.6 Å². The van der Waals surface area contributed by atoms with Crippen LogP contribution >= 0.6 is 0 Å². The minimum absolute atomic E-state index is 0.523. The van der Waals surface area contributed by atoms with Crippen molar-refractivity contribution in [3.05, 3.63) is 66.0 Å². The summed E-state index contributed by atoms with van der Waals surface area (Å²) in [5.74, 6) is 2.68. The van der Waals surface area contributed by atoms with Gasteiger partial charge in [-0.1, -0.05) is 44.2 Å². The molecule has 0 unspecified atom stereocenters. The van der Waals surface area contributed by atoms with E-state index in [2.05, 4.69) is 53.4 Å². The number of anilines is 2. The molecule has 3 rings (SSSR count). The quantitative estimate of drug-likeness (QED) is 0.619. The zero-order valence-electron chi connectivity index (χ0n) is 15.8. The SMILES string of the molecule is CCOc1cc(-c2ccc(C(C)C)cc2)cnc1Nc1cccc(C)n1. The Bertz CT molecular complexity index is 873. The monoisotopic (exact) mass is 347 g/mol. The summed E-state index contributed by atoms with van der Waals surface area (Å²) in [5.41, 5.74) is 4.44. The maximum atomic E-state index is 5.81. The fourth-order valence-corrected chi connectivity index (χ4v) is 2.76. The zero-order valence-corrected chi connectivity index (χ0v) is 15.8. The Hall–Kier alpha value is -2.88. The van der Waals surface area contributed by atoms with Crippen LogP contribution in [0.25, 0.3) is 11.1 Å². The van der Waals surface area contributed by atoms with E-state index < -0.39 is 0 Å². The van der Waals surface area contributed by atoms with E-state index in [1.54, 1.807) is 0 Å². The van der Waals surface area contributed by atoms with E-state index >= 15 is 0 Å². The molecule has 1 aromatic carbocycles. The first-order chi connectivity index (χ1) is 12.6. The van der Waals surface area contributed by atoms with Crippen LogP contribution in [0.5, 0.6) is 5.75 Å². The second-order valence-corrected chi connectivity index (χ2v) is 6.57. The van der Waals surface area contributed by atoms with Gasteiger partial charge in [-0.05, 0) is 49.1 Å². The molecule has 1 N–H and O–H groups in total. The number of pyridine rings is 2. The fraction of sp³-hybridized carbons (Fsp3) is 0.273. The summed E-state index contributed by atoms with van der Waals surface area (Å²) >= 11 is 0. The van der Waals surface area contributed by atoms with Crippen molar-refractivity contribution in [2.75, 3.05) is 11.9 Å². The van der Waals surface area contributed by atoms with Crippen LogP contribution in [-0.2, 0) is 0 Å². The lowest BCUT2D eigenvalue weighted by Crippen LogP contribution is -2.02. The molecule has 134 valence electrons. The number of aromatic nitrogens is 2. The van der Waals surface area contributed by atoms with Crippen LogP contribution in [0.2, 0.25) is 0 Å². The number of aryl methyl sites for hydroxylation is 1. The second kappa shape index (κ2) is 8.00. The highest BCUT2D eigenvalue weighted by molar-refractivity contribution is 5.70. The van der Waals surface area contributed by atoms with Crippen molar-refractivity contribution in [1.29, 1.82) is 0 Å². The average Bonchev–Trinajstić information content (AvgIpc) is 2.63. The predicted octanol–water partition coefficient (Wildman–Crippen LogP) is 5.72. The summed E-state index contributed by atoms with van der Waals surface area (Å²) in [7, 11) is 0. The minimum atomic E-state index is 0.523. The third-order valence-corrected chi connectivity index (χ3v) is 4.20. The van der Waals surface area contributed by atoms with Gasteiger partial charge in [0.1, 0.15) is 5.82 Å². The molecule has 2 aromatic heterocycles. The van der Waals surface area contributed by atoms with E-state index in [0.717, 1.165) is 28.4 Å². The standard InChI is InChI=1S/C22H25N3O/c1-5-26-20-13-19(18-11-9-17(10-12-18)15(2)3)14-23-22(20)25-21-8-6-7-16(4)24-21/h6-15H,5H2,1-4H3,(H,23,24,25). The fourth-order valence-electron chi connectivity index (χ4n) is 2.76. The van der Waals surface area contributed by atoms with Gasteiger partial charge >= 0.3 is 0 Å². The molecule has 0 atom stereocenters. The third-order valence-electron chi connectivity index (χ3n) is 4.20. The Kier molecular flexibility index (Phi) is 5.52. The summed E-state index contributed by atoms with van der Waals surface area (Å²) in [4.78, 5) is 9.05. The van der Waals surface area contributed by atoms with E-state index in [0.29, 0.717) is 18.3 Å². The maximum absolute atomic E-state index is 5.81. The molecule has 0 radical (unpaired) electrons. The Morgan fingerprint density at radius 1 is 1.04 bits per heavy atom. The van der Waals surface area contributed by atoms with Crippen molar-refractivity contribution in [3.63, 3.8) is 0 Å². The molecule has 0 saturated heterocycles. The molecular weight excluding hydrogens is 322 g/mol. The molecule has 2 heterocycles. The first kappa shape index (κ1) is 17.9. The van der Waals surface area contributed by atoms with Crippen LogP contribution in [0.3, 0.4) is 0 Å². The smallest absolute Gasteiger partial charge is 0.174 e. The van der Waals surface area contributed by atoms with Crippen LogP contribution in [0.1, 0.15) is 37.9 Å². The van der Waals surface area contributed by atoms with E-state index in [1.807, 2.05) is 44.3 Å². The molecule has 0 aliphatic heterocycles. The average molecular weight is 347 g/mol. The lowest BCUT2D eigenvalue weighted by molar-refractivity contribution is 0.341. The summed E-state index contributed by atoms with van der Waals surface area (Å²) in [6.07, 6.45) is 1.87. The normalized spacial score (nSPS) is 10.8. The molecule has 0 saturated carbocycles. The Balaban J connectivity index is 1.90. The van der Waals surface area contributed by atoms with Gasteiger partial charge in [-0.15, -0.1) is 0 Å². The van der Waals surface area contributed by atoms with E-state index in [4.69, 9.17) is 4.74 Å². The minimum Gasteiger partial charge on any atom is -0.490 e. The van der Waals surface area contributed by atoms with Gasteiger partial charge < -0.3 is 10.1 Å². The molecule has 26 heavy (non-hydrogen) atoms. The largest absolute Gasteiger partial charge is 0.490 e. The molecular formula is C22H25N3O. The first-order valence-electron chi connectivity index (χ1n) is 9.00. The van der Waals surface area contributed by atoms with Crippen molar-refractivity contribution >= 4 is 11.6 Å². The second-order valence-electron chi connectivity index (χ2n) is 6.57. The van der Waals surface area contributed by atoms with E-state index in [-0.39, 0.29) is 0 Å². The van der Waals surface area contributed by atoms with Gasteiger partial charge in [0.05, 0.1) is 6.61 Å². The first-order valence-corrected chi connectivity index (χ1v) is 9.00. The van der Waals surface area contributed by atoms with Gasteiger partial charge in [0.25, 0.3) is 0 Å². The van der Waals surface area contributed by atoms with E-state index in [9.17, 15) is 0 Å². The molecule has 0 amide bonds. The third kappa shape index (κ3) is 4.20. The summed E-state index contributed by atoms with van der Waals surface area (Å²) < 4.78 is 5.81. The van der Waals surface area contributed by atoms with Crippen molar-refractivity contribution in [2.45, 2.75) is 33.6 Å². The highest BCUT2D eigenvalue weighted by atomic mass is 16.5. The molecule has 4 nitrogen and oxygen atoms in total. The molecule has 0 aliphatic carbocycles. The lowest BCUT2D eigenvalue weighted by atomic mass is 9.99. The van der Waals surface area contributed by atoms with Gasteiger partial charge in [0.2, 0.25) is 0 Å². The Labute approximate surface area is 155 Å². The number of benzene rings is 1. The molecule has 0 fully saturated rings. The van der Waals surface area contributed by atoms with Gasteiger partial charge in [-0.25, -0.2) is 9.97 Å². The highest BCUT2D eigenvalue weighted by Gasteiger charge is 2.10. The van der Waals surface area contributed by atoms with Crippen LogP contribution in [0.15, 0.2) is 54.7 Å². The Morgan fingerprint density at radius 2 is 1.81 bits per heavy atom. The van der Waals surface area contributed by atoms with Crippen molar-refractivity contribution < 1.29 is 4.74 Å². The Morgan fingerprint density at radius 3 is 2.46 bits per heavy atom. The number of nitrogens with one attached hydrogen (secondary N) is 1. The molecule has 0 spiro atoms. The number of hydrogen-bond donors (Lipinski definition) is 1.